The molecule has 1 aliphatic heterocycles. The zero-order chi connectivity index (χ0) is 20.9. The van der Waals surface area contributed by atoms with Crippen LogP contribution in [0.2, 0.25) is 0 Å². The number of thiazole rings is 1. The normalized spacial score (nSPS) is 13.8. The first kappa shape index (κ1) is 20.4. The van der Waals surface area contributed by atoms with E-state index >= 15 is 0 Å². The van der Waals surface area contributed by atoms with Gasteiger partial charge in [-0.15, -0.1) is 11.3 Å². The number of carbonyl (C=O) groups excluding carboxylic acids is 1. The van der Waals surface area contributed by atoms with Crippen molar-refractivity contribution in [1.29, 1.82) is 0 Å². The molecule has 0 saturated heterocycles. The molecule has 0 spiro atoms. The van der Waals surface area contributed by atoms with Crippen molar-refractivity contribution in [2.45, 2.75) is 26.1 Å². The first-order valence-corrected chi connectivity index (χ1v) is 10.6. The van der Waals surface area contributed by atoms with Crippen LogP contribution in [0.5, 0.6) is 0 Å². The van der Waals surface area contributed by atoms with Crippen molar-refractivity contribution < 1.29 is 9.53 Å². The van der Waals surface area contributed by atoms with Crippen LogP contribution in [0.15, 0.2) is 47.3 Å². The Kier molecular flexibility index (Phi) is 6.32. The molecule has 8 nitrogen and oxygen atoms in total. The Bertz CT molecular complexity index is 1080. The molecule has 30 heavy (non-hydrogen) atoms. The van der Waals surface area contributed by atoms with Gasteiger partial charge in [-0.2, -0.15) is 5.10 Å². The summed E-state index contributed by atoms with van der Waals surface area (Å²) in [5, 5.41) is 7.51. The molecular formula is C21H23N5O3S. The average Bonchev–Trinajstić information content (AvgIpc) is 3.15. The summed E-state index contributed by atoms with van der Waals surface area (Å²) in [7, 11) is 1.55. The Hall–Kier alpha value is -2.88. The van der Waals surface area contributed by atoms with Crippen molar-refractivity contribution in [3.8, 4) is 0 Å². The molecule has 0 bridgehead atoms. The van der Waals surface area contributed by atoms with E-state index in [1.54, 1.807) is 7.11 Å². The number of fused-ring (bicyclic) bond motifs is 1. The number of hydrogen-bond acceptors (Lipinski definition) is 7. The number of aromatic nitrogens is 3. The molecule has 0 saturated carbocycles. The fourth-order valence-electron chi connectivity index (χ4n) is 3.35. The van der Waals surface area contributed by atoms with Crippen LogP contribution in [0.4, 0.5) is 5.13 Å². The lowest BCUT2D eigenvalue weighted by Crippen LogP contribution is -2.29. The number of nitrogens with zero attached hydrogens (tertiary/aromatic N) is 4. The molecule has 0 atom stereocenters. The third kappa shape index (κ3) is 4.81. The topological polar surface area (TPSA) is 89.3 Å². The first-order valence-electron chi connectivity index (χ1n) is 9.75. The standard InChI is InChI=1S/C21H23N5O3S/c1-29-12-11-26-19(27)8-7-17(24-26)20(28)23-21-22-16-9-10-25(14-18(16)30-21)13-15-5-3-2-4-6-15/h2-8H,9-14H2,1H3,(H,22,23,28). The van der Waals surface area contributed by atoms with Crippen LogP contribution in [0, 0.1) is 0 Å². The highest BCUT2D eigenvalue weighted by Gasteiger charge is 2.22. The molecule has 3 aromatic rings. The first-order chi connectivity index (χ1) is 14.6. The highest BCUT2D eigenvalue weighted by atomic mass is 32.1. The van der Waals surface area contributed by atoms with Crippen molar-refractivity contribution in [2.75, 3.05) is 25.6 Å². The number of anilines is 1. The van der Waals surface area contributed by atoms with Crippen molar-refractivity contribution in [3.63, 3.8) is 0 Å². The lowest BCUT2D eigenvalue weighted by molar-refractivity contribution is 0.101. The van der Waals surface area contributed by atoms with Gasteiger partial charge in [0.15, 0.2) is 5.13 Å². The Labute approximate surface area is 178 Å². The molecule has 156 valence electrons. The molecule has 1 aliphatic rings. The molecular weight excluding hydrogens is 402 g/mol. The third-order valence-corrected chi connectivity index (χ3v) is 5.88. The lowest BCUT2D eigenvalue weighted by atomic mass is 10.1. The Morgan fingerprint density at radius 1 is 1.23 bits per heavy atom. The number of rotatable bonds is 7. The maximum atomic E-state index is 12.6. The zero-order valence-electron chi connectivity index (χ0n) is 16.7. The van der Waals surface area contributed by atoms with E-state index < -0.39 is 0 Å². The van der Waals surface area contributed by atoms with E-state index in [1.165, 1.54) is 38.6 Å². The van der Waals surface area contributed by atoms with Crippen molar-refractivity contribution in [3.05, 3.63) is 74.6 Å². The molecule has 1 amide bonds. The fraction of sp³-hybridized carbons (Fsp3) is 0.333. The Balaban J connectivity index is 1.42. The average molecular weight is 426 g/mol. The Morgan fingerprint density at radius 2 is 2.07 bits per heavy atom. The van der Waals surface area contributed by atoms with Crippen LogP contribution in [0.25, 0.3) is 0 Å². The number of nitrogens with one attached hydrogen (secondary N) is 1. The van der Waals surface area contributed by atoms with Gasteiger partial charge in [-0.05, 0) is 11.6 Å². The van der Waals surface area contributed by atoms with Gasteiger partial charge in [0, 0.05) is 44.1 Å². The SMILES string of the molecule is COCCn1nc(C(=O)Nc2nc3c(s2)CN(Cc2ccccc2)CC3)ccc1=O. The second-order valence-electron chi connectivity index (χ2n) is 7.06. The molecule has 0 unspecified atom stereocenters. The summed E-state index contributed by atoms with van der Waals surface area (Å²) < 4.78 is 6.21. The zero-order valence-corrected chi connectivity index (χ0v) is 17.5. The van der Waals surface area contributed by atoms with Crippen LogP contribution >= 0.6 is 11.3 Å². The van der Waals surface area contributed by atoms with Gasteiger partial charge in [0.2, 0.25) is 0 Å². The number of ether oxygens (including phenoxy) is 1. The number of methoxy groups -OCH3 is 1. The number of benzene rings is 1. The van der Waals surface area contributed by atoms with E-state index in [0.29, 0.717) is 18.3 Å². The minimum atomic E-state index is -0.381. The van der Waals surface area contributed by atoms with Crippen molar-refractivity contribution in [2.24, 2.45) is 0 Å². The minimum Gasteiger partial charge on any atom is -0.383 e. The van der Waals surface area contributed by atoms with Gasteiger partial charge in [0.1, 0.15) is 5.69 Å². The fourth-order valence-corrected chi connectivity index (χ4v) is 4.39. The third-order valence-electron chi connectivity index (χ3n) is 4.89. The highest BCUT2D eigenvalue weighted by molar-refractivity contribution is 7.15. The molecule has 0 fully saturated rings. The monoisotopic (exact) mass is 425 g/mol. The molecule has 9 heteroatoms. The summed E-state index contributed by atoms with van der Waals surface area (Å²) in [4.78, 5) is 32.6. The van der Waals surface area contributed by atoms with Crippen LogP contribution in [0.3, 0.4) is 0 Å². The Morgan fingerprint density at radius 3 is 2.87 bits per heavy atom. The van der Waals surface area contributed by atoms with Crippen LogP contribution in [-0.2, 0) is 30.8 Å². The van der Waals surface area contributed by atoms with Gasteiger partial charge in [-0.25, -0.2) is 9.67 Å². The number of carbonyl (C=O) groups is 1. The van der Waals surface area contributed by atoms with E-state index in [1.807, 2.05) is 6.07 Å². The van der Waals surface area contributed by atoms with Crippen molar-refractivity contribution in [1.82, 2.24) is 19.7 Å². The molecule has 1 N–H and O–H groups in total. The predicted octanol–water partition coefficient (Wildman–Crippen LogP) is 2.16. The maximum Gasteiger partial charge on any atom is 0.277 e. The highest BCUT2D eigenvalue weighted by Crippen LogP contribution is 2.29. The quantitative estimate of drug-likeness (QED) is 0.624. The van der Waals surface area contributed by atoms with Gasteiger partial charge in [0.05, 0.1) is 18.8 Å². The van der Waals surface area contributed by atoms with E-state index in [9.17, 15) is 9.59 Å². The lowest BCUT2D eigenvalue weighted by Gasteiger charge is -2.25. The molecule has 3 heterocycles. The van der Waals surface area contributed by atoms with Gasteiger partial charge in [-0.3, -0.25) is 19.8 Å². The number of hydrogen-bond donors (Lipinski definition) is 1. The molecule has 1 aromatic carbocycles. The maximum absolute atomic E-state index is 12.6. The largest absolute Gasteiger partial charge is 0.383 e. The van der Waals surface area contributed by atoms with Gasteiger partial charge in [0.25, 0.3) is 11.5 Å². The molecule has 4 rings (SSSR count). The second-order valence-corrected chi connectivity index (χ2v) is 8.15. The summed E-state index contributed by atoms with van der Waals surface area (Å²) >= 11 is 1.49. The molecule has 0 aliphatic carbocycles. The second kappa shape index (κ2) is 9.29. The number of amides is 1. The van der Waals surface area contributed by atoms with Gasteiger partial charge in [-0.1, -0.05) is 30.3 Å². The van der Waals surface area contributed by atoms with Gasteiger partial charge < -0.3 is 4.74 Å². The van der Waals surface area contributed by atoms with Crippen LogP contribution in [-0.4, -0.2) is 45.8 Å². The van der Waals surface area contributed by atoms with Crippen LogP contribution < -0.4 is 10.9 Å². The molecule has 0 radical (unpaired) electrons. The van der Waals surface area contributed by atoms with E-state index in [-0.39, 0.29) is 17.2 Å². The van der Waals surface area contributed by atoms with Gasteiger partial charge >= 0.3 is 0 Å². The molecule has 2 aromatic heterocycles. The van der Waals surface area contributed by atoms with Crippen LogP contribution in [0.1, 0.15) is 26.6 Å². The van der Waals surface area contributed by atoms with E-state index in [4.69, 9.17) is 4.74 Å². The summed E-state index contributed by atoms with van der Waals surface area (Å²) in [6.45, 7) is 3.28. The van der Waals surface area contributed by atoms with Crippen molar-refractivity contribution >= 4 is 22.4 Å². The smallest absolute Gasteiger partial charge is 0.277 e. The van der Waals surface area contributed by atoms with E-state index in [0.717, 1.165) is 31.7 Å². The summed E-state index contributed by atoms with van der Waals surface area (Å²) in [6, 6.07) is 13.2. The van der Waals surface area contributed by atoms with E-state index in [2.05, 4.69) is 44.6 Å². The summed E-state index contributed by atoms with van der Waals surface area (Å²) in [5.74, 6) is -0.381. The minimum absolute atomic E-state index is 0.171. The summed E-state index contributed by atoms with van der Waals surface area (Å²) in [5.41, 5.74) is 2.22. The summed E-state index contributed by atoms with van der Waals surface area (Å²) in [6.07, 6.45) is 0.856. The predicted molar refractivity (Wildman–Crippen MR) is 115 cm³/mol.